The molecule has 0 saturated heterocycles. The highest BCUT2D eigenvalue weighted by Gasteiger charge is 2.22. The van der Waals surface area contributed by atoms with Crippen molar-refractivity contribution in [1.82, 2.24) is 4.98 Å². The van der Waals surface area contributed by atoms with Crippen LogP contribution in [-0.4, -0.2) is 16.1 Å². The molecule has 1 aromatic carbocycles. The Labute approximate surface area is 123 Å². The van der Waals surface area contributed by atoms with E-state index in [1.807, 2.05) is 13.8 Å². The molecule has 2 rings (SSSR count). The maximum Gasteiger partial charge on any atom is 0.373 e. The van der Waals surface area contributed by atoms with E-state index in [-0.39, 0.29) is 22.0 Å². The first-order chi connectivity index (χ1) is 9.40. The lowest BCUT2D eigenvalue weighted by Crippen LogP contribution is -2.03. The summed E-state index contributed by atoms with van der Waals surface area (Å²) in [4.78, 5) is 15.4. The van der Waals surface area contributed by atoms with Crippen LogP contribution in [0.4, 0.5) is 4.39 Å². The normalized spacial score (nSPS) is 11.1. The molecule has 106 valence electrons. The smallest absolute Gasteiger partial charge is 0.373 e. The van der Waals surface area contributed by atoms with E-state index in [1.165, 1.54) is 12.1 Å². The van der Waals surface area contributed by atoms with Crippen molar-refractivity contribution >= 4 is 21.9 Å². The van der Waals surface area contributed by atoms with E-state index in [2.05, 4.69) is 20.9 Å². The Morgan fingerprint density at radius 3 is 2.80 bits per heavy atom. The highest BCUT2D eigenvalue weighted by Crippen LogP contribution is 2.31. The van der Waals surface area contributed by atoms with Crippen molar-refractivity contribution in [3.05, 3.63) is 39.9 Å². The number of carboxylic acids is 1. The second-order valence-electron chi connectivity index (χ2n) is 4.80. The van der Waals surface area contributed by atoms with Crippen molar-refractivity contribution in [2.24, 2.45) is 5.92 Å². The van der Waals surface area contributed by atoms with Crippen LogP contribution >= 0.6 is 15.9 Å². The lowest BCUT2D eigenvalue weighted by atomic mass is 10.1. The molecule has 1 heterocycles. The van der Waals surface area contributed by atoms with Gasteiger partial charge < -0.3 is 9.52 Å². The SMILES string of the molecule is CC(C)Cc1nc(-c2cccc(F)c2Br)oc1C(=O)O. The summed E-state index contributed by atoms with van der Waals surface area (Å²) in [7, 11) is 0. The van der Waals surface area contributed by atoms with Gasteiger partial charge in [0.2, 0.25) is 11.7 Å². The van der Waals surface area contributed by atoms with E-state index in [0.717, 1.165) is 0 Å². The van der Waals surface area contributed by atoms with Gasteiger partial charge in [-0.25, -0.2) is 14.2 Å². The number of oxazole rings is 1. The Balaban J connectivity index is 2.53. The summed E-state index contributed by atoms with van der Waals surface area (Å²) < 4.78 is 19.0. The second kappa shape index (κ2) is 5.75. The molecule has 0 unspecified atom stereocenters. The number of rotatable bonds is 4. The van der Waals surface area contributed by atoms with Gasteiger partial charge in [-0.05, 0) is 40.4 Å². The van der Waals surface area contributed by atoms with Crippen LogP contribution in [0.1, 0.15) is 30.1 Å². The standard InChI is InChI=1S/C14H13BrFNO3/c1-7(2)6-10-12(14(18)19)20-13(17-10)8-4-3-5-9(16)11(8)15/h3-5,7H,6H2,1-2H3,(H,18,19). The van der Waals surface area contributed by atoms with Crippen LogP contribution in [0.3, 0.4) is 0 Å². The van der Waals surface area contributed by atoms with E-state index < -0.39 is 11.8 Å². The van der Waals surface area contributed by atoms with Gasteiger partial charge in [0.1, 0.15) is 5.82 Å². The van der Waals surface area contributed by atoms with E-state index in [9.17, 15) is 9.18 Å². The Kier molecular flexibility index (Phi) is 4.23. The molecule has 0 atom stereocenters. The van der Waals surface area contributed by atoms with Crippen molar-refractivity contribution in [2.75, 3.05) is 0 Å². The van der Waals surface area contributed by atoms with Gasteiger partial charge in [0.15, 0.2) is 0 Å². The summed E-state index contributed by atoms with van der Waals surface area (Å²) in [6.45, 7) is 3.91. The molecular formula is C14H13BrFNO3. The van der Waals surface area contributed by atoms with Crippen LogP contribution in [0.25, 0.3) is 11.5 Å². The second-order valence-corrected chi connectivity index (χ2v) is 5.59. The third-order valence-electron chi connectivity index (χ3n) is 2.68. The number of carboxylic acid groups (broad SMARTS) is 1. The largest absolute Gasteiger partial charge is 0.475 e. The molecule has 0 radical (unpaired) electrons. The molecule has 4 nitrogen and oxygen atoms in total. The van der Waals surface area contributed by atoms with E-state index in [0.29, 0.717) is 17.7 Å². The minimum atomic E-state index is -1.17. The lowest BCUT2D eigenvalue weighted by Gasteiger charge is -2.00. The number of benzene rings is 1. The van der Waals surface area contributed by atoms with Crippen molar-refractivity contribution in [1.29, 1.82) is 0 Å². The molecule has 0 aliphatic heterocycles. The Morgan fingerprint density at radius 1 is 1.50 bits per heavy atom. The summed E-state index contributed by atoms with van der Waals surface area (Å²) in [5, 5.41) is 9.14. The Morgan fingerprint density at radius 2 is 2.20 bits per heavy atom. The fraction of sp³-hybridized carbons (Fsp3) is 0.286. The number of aromatic carboxylic acids is 1. The number of carbonyl (C=O) groups is 1. The van der Waals surface area contributed by atoms with Crippen LogP contribution in [0.5, 0.6) is 0 Å². The Bertz CT molecular complexity index is 652. The van der Waals surface area contributed by atoms with Crippen LogP contribution < -0.4 is 0 Å². The van der Waals surface area contributed by atoms with Crippen molar-refractivity contribution in [3.8, 4) is 11.5 Å². The zero-order valence-electron chi connectivity index (χ0n) is 11.0. The van der Waals surface area contributed by atoms with Crippen molar-refractivity contribution < 1.29 is 18.7 Å². The zero-order chi connectivity index (χ0) is 14.9. The average Bonchev–Trinajstić information content (AvgIpc) is 2.75. The van der Waals surface area contributed by atoms with Crippen molar-refractivity contribution in [3.63, 3.8) is 0 Å². The number of halogens is 2. The quantitative estimate of drug-likeness (QED) is 0.907. The zero-order valence-corrected chi connectivity index (χ0v) is 12.6. The average molecular weight is 342 g/mol. The first kappa shape index (κ1) is 14.7. The summed E-state index contributed by atoms with van der Waals surface area (Å²) in [6, 6.07) is 4.43. The van der Waals surface area contributed by atoms with Crippen LogP contribution in [0, 0.1) is 11.7 Å². The summed E-state index contributed by atoms with van der Waals surface area (Å²) in [6.07, 6.45) is 0.484. The molecule has 1 N–H and O–H groups in total. The number of aromatic nitrogens is 1. The van der Waals surface area contributed by atoms with Gasteiger partial charge in [-0.3, -0.25) is 0 Å². The topological polar surface area (TPSA) is 63.3 Å². The van der Waals surface area contributed by atoms with Gasteiger partial charge in [-0.15, -0.1) is 0 Å². The molecule has 2 aromatic rings. The summed E-state index contributed by atoms with van der Waals surface area (Å²) in [5.74, 6) is -1.48. The maximum absolute atomic E-state index is 13.5. The van der Waals surface area contributed by atoms with Gasteiger partial charge in [0.05, 0.1) is 15.7 Å². The minimum absolute atomic E-state index is 0.101. The van der Waals surface area contributed by atoms with Crippen LogP contribution in [0.15, 0.2) is 27.1 Å². The van der Waals surface area contributed by atoms with E-state index in [1.54, 1.807) is 6.07 Å². The molecule has 0 aliphatic rings. The molecule has 0 saturated carbocycles. The first-order valence-electron chi connectivity index (χ1n) is 6.07. The summed E-state index contributed by atoms with van der Waals surface area (Å²) in [5.41, 5.74) is 0.765. The van der Waals surface area contributed by atoms with Gasteiger partial charge in [-0.1, -0.05) is 19.9 Å². The predicted molar refractivity (Wildman–Crippen MR) is 75.1 cm³/mol. The first-order valence-corrected chi connectivity index (χ1v) is 6.86. The van der Waals surface area contributed by atoms with Gasteiger partial charge >= 0.3 is 5.97 Å². The molecule has 0 spiro atoms. The van der Waals surface area contributed by atoms with Crippen molar-refractivity contribution in [2.45, 2.75) is 20.3 Å². The van der Waals surface area contributed by atoms with Gasteiger partial charge in [0, 0.05) is 0 Å². The molecule has 20 heavy (non-hydrogen) atoms. The number of hydrogen-bond acceptors (Lipinski definition) is 3. The van der Waals surface area contributed by atoms with E-state index in [4.69, 9.17) is 9.52 Å². The highest BCUT2D eigenvalue weighted by atomic mass is 79.9. The third kappa shape index (κ3) is 2.90. The van der Waals surface area contributed by atoms with Crippen LogP contribution in [-0.2, 0) is 6.42 Å². The van der Waals surface area contributed by atoms with Gasteiger partial charge in [0.25, 0.3) is 0 Å². The highest BCUT2D eigenvalue weighted by molar-refractivity contribution is 9.10. The Hall–Kier alpha value is -1.69. The van der Waals surface area contributed by atoms with Gasteiger partial charge in [-0.2, -0.15) is 0 Å². The number of nitrogens with zero attached hydrogens (tertiary/aromatic N) is 1. The monoisotopic (exact) mass is 341 g/mol. The molecule has 0 amide bonds. The molecule has 0 bridgehead atoms. The fourth-order valence-electron chi connectivity index (χ4n) is 1.83. The molecular weight excluding hydrogens is 329 g/mol. The van der Waals surface area contributed by atoms with E-state index >= 15 is 0 Å². The predicted octanol–water partition coefficient (Wildman–Crippen LogP) is 4.14. The number of hydrogen-bond donors (Lipinski definition) is 1. The fourth-order valence-corrected chi connectivity index (χ4v) is 2.26. The van der Waals surface area contributed by atoms with Crippen LogP contribution in [0.2, 0.25) is 0 Å². The molecule has 0 aliphatic carbocycles. The minimum Gasteiger partial charge on any atom is -0.475 e. The molecule has 1 aromatic heterocycles. The maximum atomic E-state index is 13.5. The molecule has 6 heteroatoms. The third-order valence-corrected chi connectivity index (χ3v) is 3.48. The lowest BCUT2D eigenvalue weighted by molar-refractivity contribution is 0.0661. The molecule has 0 fully saturated rings. The summed E-state index contributed by atoms with van der Waals surface area (Å²) >= 11 is 3.12.